The van der Waals surface area contributed by atoms with E-state index in [1.165, 1.54) is 12.5 Å². The highest BCUT2D eigenvalue weighted by Crippen LogP contribution is 2.20. The fraction of sp³-hybridized carbons (Fsp3) is 0.125. The summed E-state index contributed by atoms with van der Waals surface area (Å²) in [4.78, 5) is 11.0. The Kier molecular flexibility index (Phi) is 1.28. The molecule has 2 aliphatic heterocycles. The minimum Gasteiger partial charge on any atom is -0.472 e. The summed E-state index contributed by atoms with van der Waals surface area (Å²) in [6, 6.07) is 0. The van der Waals surface area contributed by atoms with Crippen molar-refractivity contribution in [2.45, 2.75) is 0 Å². The number of ether oxygens (including phenoxy) is 2. The number of rotatable bonds is 0. The van der Waals surface area contributed by atoms with Gasteiger partial charge in [-0.2, -0.15) is 0 Å². The molecule has 2 heterocycles. The molecule has 0 aromatic carbocycles. The number of hydrogen-bond acceptors (Lipinski definition) is 3. The molecule has 0 bridgehead atoms. The normalized spacial score (nSPS) is 20.9. The van der Waals surface area contributed by atoms with E-state index in [2.05, 4.69) is 0 Å². The van der Waals surface area contributed by atoms with Crippen molar-refractivity contribution in [3.8, 4) is 0 Å². The molecular weight excluding hydrogens is 144 g/mol. The number of carbonyl (C=O) groups excluding carboxylic acids is 1. The van der Waals surface area contributed by atoms with E-state index >= 15 is 0 Å². The van der Waals surface area contributed by atoms with Gasteiger partial charge in [-0.1, -0.05) is 0 Å². The van der Waals surface area contributed by atoms with Gasteiger partial charge < -0.3 is 9.47 Å². The van der Waals surface area contributed by atoms with Crippen LogP contribution in [-0.4, -0.2) is 12.6 Å². The molecule has 0 saturated carbocycles. The number of esters is 1. The van der Waals surface area contributed by atoms with Crippen molar-refractivity contribution in [2.75, 3.05) is 6.61 Å². The zero-order valence-corrected chi connectivity index (χ0v) is 5.74. The molecule has 2 rings (SSSR count). The highest BCUT2D eigenvalue weighted by atomic mass is 16.5. The predicted octanol–water partition coefficient (Wildman–Crippen LogP) is 0.897. The van der Waals surface area contributed by atoms with Crippen molar-refractivity contribution in [2.24, 2.45) is 0 Å². The average Bonchev–Trinajstić information content (AvgIpc) is 2.06. The minimum atomic E-state index is -0.313. The van der Waals surface area contributed by atoms with Crippen LogP contribution < -0.4 is 0 Å². The van der Waals surface area contributed by atoms with E-state index in [0.717, 1.165) is 5.57 Å². The lowest BCUT2D eigenvalue weighted by atomic mass is 10.1. The Labute approximate surface area is 63.6 Å². The predicted molar refractivity (Wildman–Crippen MR) is 37.4 cm³/mol. The molecule has 0 atom stereocenters. The van der Waals surface area contributed by atoms with Gasteiger partial charge in [0.1, 0.15) is 18.4 Å². The molecule has 0 amide bonds. The molecule has 56 valence electrons. The van der Waals surface area contributed by atoms with Crippen molar-refractivity contribution in [1.29, 1.82) is 0 Å². The molecular formula is C8H6O3. The maximum Gasteiger partial charge on any atom is 0.342 e. The number of allylic oxidation sites excluding steroid dienone is 1. The largest absolute Gasteiger partial charge is 0.472 e. The van der Waals surface area contributed by atoms with Gasteiger partial charge in [0.25, 0.3) is 0 Å². The van der Waals surface area contributed by atoms with E-state index in [1.54, 1.807) is 6.08 Å². The highest BCUT2D eigenvalue weighted by molar-refractivity contribution is 5.95. The van der Waals surface area contributed by atoms with Gasteiger partial charge in [0, 0.05) is 0 Å². The van der Waals surface area contributed by atoms with Crippen LogP contribution in [0.1, 0.15) is 0 Å². The third-order valence-corrected chi connectivity index (χ3v) is 1.56. The monoisotopic (exact) mass is 150 g/mol. The molecule has 0 aromatic heterocycles. The first-order chi connectivity index (χ1) is 5.38. The summed E-state index contributed by atoms with van der Waals surface area (Å²) in [5.74, 6) is -0.313. The first-order valence-electron chi connectivity index (χ1n) is 3.28. The van der Waals surface area contributed by atoms with Gasteiger partial charge in [-0.3, -0.25) is 0 Å². The molecule has 0 spiro atoms. The number of cyclic esters (lactones) is 1. The smallest absolute Gasteiger partial charge is 0.342 e. The summed E-state index contributed by atoms with van der Waals surface area (Å²) >= 11 is 0. The van der Waals surface area contributed by atoms with Crippen LogP contribution in [0.15, 0.2) is 35.8 Å². The number of fused-ring (bicyclic) bond motifs is 1. The Morgan fingerprint density at radius 1 is 1.45 bits per heavy atom. The standard InChI is InChI=1S/C8H6O3/c9-8-7-5-10-3-1-6(7)2-4-11-8/h1-3,5H,4H2. The molecule has 0 aromatic rings. The first kappa shape index (κ1) is 6.22. The lowest BCUT2D eigenvalue weighted by Gasteiger charge is -2.15. The number of hydrogen-bond donors (Lipinski definition) is 0. The van der Waals surface area contributed by atoms with Crippen LogP contribution in [0.4, 0.5) is 0 Å². The van der Waals surface area contributed by atoms with E-state index in [4.69, 9.17) is 9.47 Å². The van der Waals surface area contributed by atoms with Crippen molar-refractivity contribution in [1.82, 2.24) is 0 Å². The van der Waals surface area contributed by atoms with Gasteiger partial charge in [-0.25, -0.2) is 4.79 Å². The van der Waals surface area contributed by atoms with Gasteiger partial charge in [-0.05, 0) is 17.7 Å². The number of carbonyl (C=O) groups is 1. The van der Waals surface area contributed by atoms with Gasteiger partial charge in [0.15, 0.2) is 0 Å². The fourth-order valence-electron chi connectivity index (χ4n) is 1.01. The van der Waals surface area contributed by atoms with Crippen molar-refractivity contribution in [3.05, 3.63) is 35.8 Å². The third kappa shape index (κ3) is 0.941. The van der Waals surface area contributed by atoms with E-state index < -0.39 is 0 Å². The molecule has 3 heteroatoms. The van der Waals surface area contributed by atoms with Crippen LogP contribution in [-0.2, 0) is 14.3 Å². The first-order valence-corrected chi connectivity index (χ1v) is 3.28. The zero-order chi connectivity index (χ0) is 7.68. The Balaban J connectivity index is 2.41. The third-order valence-electron chi connectivity index (χ3n) is 1.56. The molecule has 0 saturated heterocycles. The quantitative estimate of drug-likeness (QED) is 0.481. The molecule has 2 aliphatic rings. The minimum absolute atomic E-state index is 0.313. The Morgan fingerprint density at radius 2 is 2.36 bits per heavy atom. The van der Waals surface area contributed by atoms with Crippen LogP contribution in [0.2, 0.25) is 0 Å². The van der Waals surface area contributed by atoms with E-state index in [1.807, 2.05) is 6.08 Å². The molecule has 0 N–H and O–H groups in total. The van der Waals surface area contributed by atoms with E-state index in [-0.39, 0.29) is 5.97 Å². The summed E-state index contributed by atoms with van der Waals surface area (Å²) in [5.41, 5.74) is 1.38. The second-order valence-electron chi connectivity index (χ2n) is 2.23. The van der Waals surface area contributed by atoms with Gasteiger partial charge in [0.2, 0.25) is 0 Å². The Hall–Kier alpha value is -1.51. The Bertz CT molecular complexity index is 284. The van der Waals surface area contributed by atoms with Crippen molar-refractivity contribution >= 4 is 5.97 Å². The summed E-state index contributed by atoms with van der Waals surface area (Å²) in [5, 5.41) is 0. The highest BCUT2D eigenvalue weighted by Gasteiger charge is 2.20. The second kappa shape index (κ2) is 2.27. The van der Waals surface area contributed by atoms with Crippen LogP contribution in [0, 0.1) is 0 Å². The fourth-order valence-corrected chi connectivity index (χ4v) is 1.01. The SMILES string of the molecule is O=C1OCC=C2C=COC=C12. The topological polar surface area (TPSA) is 35.5 Å². The van der Waals surface area contributed by atoms with Crippen LogP contribution in [0.3, 0.4) is 0 Å². The average molecular weight is 150 g/mol. The molecule has 0 aliphatic carbocycles. The van der Waals surface area contributed by atoms with E-state index in [9.17, 15) is 4.79 Å². The van der Waals surface area contributed by atoms with Crippen LogP contribution in [0.25, 0.3) is 0 Å². The summed E-state index contributed by atoms with van der Waals surface area (Å²) < 4.78 is 9.57. The van der Waals surface area contributed by atoms with Crippen LogP contribution >= 0.6 is 0 Å². The molecule has 0 unspecified atom stereocenters. The Morgan fingerprint density at radius 3 is 3.18 bits per heavy atom. The van der Waals surface area contributed by atoms with Crippen molar-refractivity contribution in [3.63, 3.8) is 0 Å². The summed E-state index contributed by atoms with van der Waals surface area (Å²) in [6.07, 6.45) is 6.52. The maximum absolute atomic E-state index is 11.0. The van der Waals surface area contributed by atoms with Gasteiger partial charge in [0.05, 0.1) is 6.26 Å². The van der Waals surface area contributed by atoms with Gasteiger partial charge in [-0.15, -0.1) is 0 Å². The lowest BCUT2D eigenvalue weighted by Crippen LogP contribution is -2.16. The second-order valence-corrected chi connectivity index (χ2v) is 2.23. The maximum atomic E-state index is 11.0. The van der Waals surface area contributed by atoms with Crippen LogP contribution in [0.5, 0.6) is 0 Å². The lowest BCUT2D eigenvalue weighted by molar-refractivity contribution is -0.138. The molecule has 3 nitrogen and oxygen atoms in total. The molecule has 11 heavy (non-hydrogen) atoms. The summed E-state index contributed by atoms with van der Waals surface area (Å²) in [6.45, 7) is 0.357. The van der Waals surface area contributed by atoms with Gasteiger partial charge >= 0.3 is 5.97 Å². The van der Waals surface area contributed by atoms with E-state index in [0.29, 0.717) is 12.2 Å². The zero-order valence-electron chi connectivity index (χ0n) is 5.74. The summed E-state index contributed by atoms with van der Waals surface area (Å²) in [7, 11) is 0. The molecule has 0 fully saturated rings. The molecule has 0 radical (unpaired) electrons. The van der Waals surface area contributed by atoms with Crippen molar-refractivity contribution < 1.29 is 14.3 Å².